The van der Waals surface area contributed by atoms with Crippen LogP contribution in [0.1, 0.15) is 30.7 Å². The van der Waals surface area contributed by atoms with Crippen LogP contribution in [0.15, 0.2) is 29.8 Å². The van der Waals surface area contributed by atoms with E-state index in [-0.39, 0.29) is 41.9 Å². The molecule has 0 bridgehead atoms. The van der Waals surface area contributed by atoms with Crippen LogP contribution in [0, 0.1) is 17.8 Å². The fraction of sp³-hybridized carbons (Fsp3) is 0.480. The van der Waals surface area contributed by atoms with E-state index in [9.17, 15) is 29.1 Å². The number of rotatable bonds is 6. The minimum Gasteiger partial charge on any atom is -0.504 e. The molecule has 4 aliphatic rings. The van der Waals surface area contributed by atoms with Gasteiger partial charge in [-0.15, -0.1) is 23.2 Å². The number of nitrogens with zero attached hydrogens (tertiary/aromatic N) is 2. The lowest BCUT2D eigenvalue weighted by Crippen LogP contribution is -2.60. The zero-order valence-electron chi connectivity index (χ0n) is 20.0. The Labute approximate surface area is 235 Å². The molecule has 0 radical (unpaired) electrons. The first-order valence-corrected chi connectivity index (χ1v) is 13.7. The van der Waals surface area contributed by atoms with Crippen molar-refractivity contribution in [2.75, 3.05) is 19.1 Å². The molecule has 2 heterocycles. The second kappa shape index (κ2) is 9.24. The lowest BCUT2D eigenvalue weighted by Gasteiger charge is -2.50. The molecular weight excluding hydrogens is 607 g/mol. The number of phenolic OH excluding ortho intramolecular Hbond substituents is 1. The van der Waals surface area contributed by atoms with Crippen molar-refractivity contribution in [1.29, 1.82) is 0 Å². The van der Waals surface area contributed by atoms with E-state index in [0.717, 1.165) is 9.80 Å². The molecule has 3 fully saturated rings. The van der Waals surface area contributed by atoms with Crippen molar-refractivity contribution in [2.24, 2.45) is 17.8 Å². The zero-order chi connectivity index (χ0) is 27.7. The minimum atomic E-state index is -2.05. The number of hydrogen-bond donors (Lipinski definition) is 2. The van der Waals surface area contributed by atoms with Gasteiger partial charge in [0.15, 0.2) is 21.2 Å². The molecule has 4 amide bonds. The number of aromatic hydroxyl groups is 1. The Kier molecular flexibility index (Phi) is 6.55. The third-order valence-electron chi connectivity index (χ3n) is 8.22. The molecule has 1 aromatic rings. The average molecular weight is 630 g/mol. The predicted octanol–water partition coefficient (Wildman–Crippen LogP) is 2.59. The van der Waals surface area contributed by atoms with E-state index in [4.69, 9.17) is 33.0 Å². The molecule has 2 saturated heterocycles. The summed E-state index contributed by atoms with van der Waals surface area (Å²) in [4.78, 5) is 62.9. The van der Waals surface area contributed by atoms with Crippen LogP contribution in [0.3, 0.4) is 0 Å². The van der Waals surface area contributed by atoms with Crippen LogP contribution in [0.2, 0.25) is 0 Å². The SMILES string of the molecule is COc1cccc([C@H]2C3=CC[C@@H]4C(=O)N(CCC(=O)O)C(=O)[C@@H]4[C@@H]3C[C@@]3(Cl)C(=O)N(CBr)C(=O)[C@@]23Cl)c1O. The third-order valence-corrected chi connectivity index (χ3v) is 10.1. The van der Waals surface area contributed by atoms with Gasteiger partial charge in [0.05, 0.1) is 30.8 Å². The Morgan fingerprint density at radius 1 is 1.13 bits per heavy atom. The van der Waals surface area contributed by atoms with Gasteiger partial charge in [0.2, 0.25) is 11.8 Å². The fourth-order valence-corrected chi connectivity index (χ4v) is 7.95. The first-order chi connectivity index (χ1) is 17.9. The second-order valence-electron chi connectivity index (χ2n) is 9.86. The number of phenols is 1. The standard InChI is InChI=1S/C25H23BrCl2N2O8/c1-38-15-4-2-3-13(19(15)33)18-11-5-6-12-17(21(35)29(20(12)34)8-7-16(31)32)14(11)9-24(27)22(36)30(10-26)23(37)25(18,24)28/h2-5,12,14,17-18,33H,6-10H2,1H3,(H,31,32)/t12-,14+,17-,18+,24+,25-/m0/s1. The van der Waals surface area contributed by atoms with Crippen molar-refractivity contribution in [3.05, 3.63) is 35.4 Å². The number of para-hydroxylation sites is 1. The van der Waals surface area contributed by atoms with E-state index >= 15 is 0 Å². The quantitative estimate of drug-likeness (QED) is 0.212. The summed E-state index contributed by atoms with van der Waals surface area (Å²) in [7, 11) is 1.36. The smallest absolute Gasteiger partial charge is 0.305 e. The van der Waals surface area contributed by atoms with Gasteiger partial charge in [-0.2, -0.15) is 0 Å². The maximum Gasteiger partial charge on any atom is 0.305 e. The molecule has 0 spiro atoms. The van der Waals surface area contributed by atoms with Gasteiger partial charge in [-0.05, 0) is 24.8 Å². The van der Waals surface area contributed by atoms with Crippen LogP contribution in [-0.4, -0.2) is 78.5 Å². The Morgan fingerprint density at radius 2 is 1.84 bits per heavy atom. The first-order valence-electron chi connectivity index (χ1n) is 11.9. The van der Waals surface area contributed by atoms with Crippen LogP contribution in [-0.2, 0) is 24.0 Å². The Balaban J connectivity index is 1.69. The highest BCUT2D eigenvalue weighted by molar-refractivity contribution is 9.09. The number of alkyl halides is 3. The number of imide groups is 2. The number of carbonyl (C=O) groups is 5. The molecule has 0 aromatic heterocycles. The molecule has 10 nitrogen and oxygen atoms in total. The molecule has 2 aliphatic heterocycles. The van der Waals surface area contributed by atoms with Gasteiger partial charge in [-0.1, -0.05) is 39.7 Å². The Bertz CT molecular complexity index is 1320. The number of allylic oxidation sites excluding steroid dienone is 2. The van der Waals surface area contributed by atoms with Crippen molar-refractivity contribution in [2.45, 2.75) is 34.9 Å². The number of carboxylic acids is 1. The van der Waals surface area contributed by atoms with Crippen molar-refractivity contribution < 1.29 is 38.9 Å². The molecule has 1 aromatic carbocycles. The molecule has 2 aliphatic carbocycles. The maximum atomic E-state index is 13.7. The molecule has 2 N–H and O–H groups in total. The van der Waals surface area contributed by atoms with Crippen LogP contribution in [0.25, 0.3) is 0 Å². The number of carboxylic acid groups (broad SMARTS) is 1. The van der Waals surface area contributed by atoms with Gasteiger partial charge in [-0.3, -0.25) is 33.8 Å². The summed E-state index contributed by atoms with van der Waals surface area (Å²) in [5, 5.41) is 20.2. The number of aliphatic carboxylic acids is 1. The van der Waals surface area contributed by atoms with Crippen LogP contribution in [0.5, 0.6) is 11.5 Å². The number of amides is 4. The number of hydrogen-bond acceptors (Lipinski definition) is 7. The van der Waals surface area contributed by atoms with Gasteiger partial charge in [0.1, 0.15) is 0 Å². The average Bonchev–Trinajstić information content (AvgIpc) is 3.21. The van der Waals surface area contributed by atoms with E-state index in [2.05, 4.69) is 15.9 Å². The normalized spacial score (nSPS) is 34.2. The van der Waals surface area contributed by atoms with Crippen molar-refractivity contribution in [3.8, 4) is 11.5 Å². The summed E-state index contributed by atoms with van der Waals surface area (Å²) in [5.74, 6) is -7.47. The predicted molar refractivity (Wildman–Crippen MR) is 137 cm³/mol. The molecular formula is C25H23BrCl2N2O8. The lowest BCUT2D eigenvalue weighted by molar-refractivity contribution is -0.143. The molecule has 0 unspecified atom stereocenters. The summed E-state index contributed by atoms with van der Waals surface area (Å²) < 4.78 is 5.26. The van der Waals surface area contributed by atoms with Crippen molar-refractivity contribution in [1.82, 2.24) is 9.80 Å². The number of fused-ring (bicyclic) bond motifs is 4. The first kappa shape index (κ1) is 27.0. The molecule has 202 valence electrons. The summed E-state index contributed by atoms with van der Waals surface area (Å²) in [6.07, 6.45) is 1.26. The number of carbonyl (C=O) groups excluding carboxylic acids is 4. The summed E-state index contributed by atoms with van der Waals surface area (Å²) in [5.41, 5.74) is 0.538. The summed E-state index contributed by atoms with van der Waals surface area (Å²) in [6.45, 7) is -0.275. The van der Waals surface area contributed by atoms with Gasteiger partial charge in [0.25, 0.3) is 11.8 Å². The minimum absolute atomic E-state index is 0.112. The molecule has 38 heavy (non-hydrogen) atoms. The van der Waals surface area contributed by atoms with Gasteiger partial charge in [-0.25, -0.2) is 0 Å². The highest BCUT2D eigenvalue weighted by Gasteiger charge is 2.76. The third kappa shape index (κ3) is 3.40. The van der Waals surface area contributed by atoms with E-state index in [1.54, 1.807) is 18.2 Å². The highest BCUT2D eigenvalue weighted by Crippen LogP contribution is 2.66. The van der Waals surface area contributed by atoms with E-state index in [1.807, 2.05) is 0 Å². The topological polar surface area (TPSA) is 142 Å². The number of halogens is 3. The number of benzene rings is 1. The molecule has 6 atom stereocenters. The summed E-state index contributed by atoms with van der Waals surface area (Å²) in [6, 6.07) is 4.67. The number of likely N-dealkylation sites (tertiary alicyclic amines) is 2. The monoisotopic (exact) mass is 628 g/mol. The lowest BCUT2D eigenvalue weighted by atomic mass is 9.56. The maximum absolute atomic E-state index is 13.7. The second-order valence-corrected chi connectivity index (χ2v) is 11.6. The highest BCUT2D eigenvalue weighted by atomic mass is 79.9. The number of methoxy groups -OCH3 is 1. The van der Waals surface area contributed by atoms with Crippen LogP contribution >= 0.6 is 39.1 Å². The molecule has 1 saturated carbocycles. The van der Waals surface area contributed by atoms with Crippen molar-refractivity contribution >= 4 is 68.7 Å². The van der Waals surface area contributed by atoms with Crippen LogP contribution in [0.4, 0.5) is 0 Å². The van der Waals surface area contributed by atoms with Gasteiger partial charge in [0, 0.05) is 18.0 Å². The molecule has 13 heteroatoms. The number of ether oxygens (including phenoxy) is 1. The van der Waals surface area contributed by atoms with E-state index in [1.165, 1.54) is 13.2 Å². The molecule has 5 rings (SSSR count). The summed E-state index contributed by atoms with van der Waals surface area (Å²) >= 11 is 17.4. The Morgan fingerprint density at radius 3 is 2.47 bits per heavy atom. The zero-order valence-corrected chi connectivity index (χ0v) is 23.1. The largest absolute Gasteiger partial charge is 0.504 e. The van der Waals surface area contributed by atoms with Gasteiger partial charge < -0.3 is 14.9 Å². The van der Waals surface area contributed by atoms with E-state index in [0.29, 0.717) is 5.57 Å². The van der Waals surface area contributed by atoms with Crippen molar-refractivity contribution in [3.63, 3.8) is 0 Å². The van der Waals surface area contributed by atoms with Crippen LogP contribution < -0.4 is 4.74 Å². The Hall–Kier alpha value is -2.63. The van der Waals surface area contributed by atoms with E-state index < -0.39 is 69.4 Å². The van der Waals surface area contributed by atoms with Gasteiger partial charge >= 0.3 is 5.97 Å². The fourth-order valence-electron chi connectivity index (χ4n) is 6.53.